The lowest BCUT2D eigenvalue weighted by Gasteiger charge is -2.34. The molecule has 5 nitrogen and oxygen atoms in total. The summed E-state index contributed by atoms with van der Waals surface area (Å²) >= 11 is 0. The number of carboxylic acid groups (broad SMARTS) is 1. The predicted octanol–water partition coefficient (Wildman–Crippen LogP) is 3.48. The Labute approximate surface area is 153 Å². The summed E-state index contributed by atoms with van der Waals surface area (Å²) in [5, 5.41) is 12.2. The largest absolute Gasteiger partial charge is 0.481 e. The number of hydrogen-bond acceptors (Lipinski definition) is 3. The lowest BCUT2D eigenvalue weighted by Crippen LogP contribution is -2.41. The summed E-state index contributed by atoms with van der Waals surface area (Å²) in [7, 11) is 0. The minimum atomic E-state index is -0.713. The van der Waals surface area contributed by atoms with Gasteiger partial charge in [0.05, 0.1) is 5.92 Å². The third-order valence-corrected chi connectivity index (χ3v) is 4.74. The van der Waals surface area contributed by atoms with E-state index in [1.807, 2.05) is 54.6 Å². The number of aliphatic carboxylic acids is 1. The van der Waals surface area contributed by atoms with E-state index in [4.69, 9.17) is 0 Å². The summed E-state index contributed by atoms with van der Waals surface area (Å²) in [4.78, 5) is 25.8. The Morgan fingerprint density at radius 3 is 2.42 bits per heavy atom. The molecule has 26 heavy (non-hydrogen) atoms. The van der Waals surface area contributed by atoms with Crippen molar-refractivity contribution in [3.8, 4) is 0 Å². The molecule has 1 aliphatic heterocycles. The number of likely N-dealkylation sites (tertiary alicyclic amines) is 1. The van der Waals surface area contributed by atoms with Crippen LogP contribution in [0.1, 0.15) is 29.3 Å². The summed E-state index contributed by atoms with van der Waals surface area (Å²) in [6.45, 7) is 4.28. The van der Waals surface area contributed by atoms with E-state index in [2.05, 4.69) is 17.1 Å². The molecule has 0 radical (unpaired) electrons. The number of anilines is 1. The molecule has 0 aliphatic carbocycles. The Morgan fingerprint density at radius 1 is 1.08 bits per heavy atom. The summed E-state index contributed by atoms with van der Waals surface area (Å²) in [5.41, 5.74) is 2.45. The van der Waals surface area contributed by atoms with Crippen LogP contribution in [-0.2, 0) is 11.3 Å². The van der Waals surface area contributed by atoms with E-state index in [1.165, 1.54) is 0 Å². The van der Waals surface area contributed by atoms with Crippen LogP contribution in [0.5, 0.6) is 0 Å². The maximum absolute atomic E-state index is 12.3. The van der Waals surface area contributed by atoms with E-state index in [-0.39, 0.29) is 11.8 Å². The van der Waals surface area contributed by atoms with Gasteiger partial charge in [0.25, 0.3) is 5.91 Å². The quantitative estimate of drug-likeness (QED) is 0.864. The van der Waals surface area contributed by atoms with E-state index in [9.17, 15) is 14.7 Å². The molecular weight excluding hydrogens is 328 g/mol. The Balaban J connectivity index is 1.60. The zero-order valence-electron chi connectivity index (χ0n) is 14.9. The van der Waals surface area contributed by atoms with Crippen LogP contribution in [0.4, 0.5) is 5.69 Å². The zero-order chi connectivity index (χ0) is 18.5. The number of para-hydroxylation sites is 1. The van der Waals surface area contributed by atoms with Crippen LogP contribution in [0, 0.1) is 11.8 Å². The molecule has 5 heteroatoms. The lowest BCUT2D eigenvalue weighted by molar-refractivity contribution is -0.144. The minimum Gasteiger partial charge on any atom is -0.481 e. The van der Waals surface area contributed by atoms with Crippen molar-refractivity contribution in [2.24, 2.45) is 11.8 Å². The number of hydrogen-bond donors (Lipinski definition) is 2. The van der Waals surface area contributed by atoms with Crippen LogP contribution >= 0.6 is 0 Å². The summed E-state index contributed by atoms with van der Waals surface area (Å²) in [5.74, 6) is -0.773. The zero-order valence-corrected chi connectivity index (χ0v) is 14.9. The van der Waals surface area contributed by atoms with Gasteiger partial charge in [0.15, 0.2) is 0 Å². The van der Waals surface area contributed by atoms with Crippen molar-refractivity contribution >= 4 is 17.6 Å². The first-order chi connectivity index (χ1) is 12.5. The molecule has 0 bridgehead atoms. The topological polar surface area (TPSA) is 69.6 Å². The molecule has 136 valence electrons. The molecule has 2 N–H and O–H groups in total. The number of piperidine rings is 1. The van der Waals surface area contributed by atoms with Crippen LogP contribution in [0.15, 0.2) is 54.6 Å². The summed E-state index contributed by atoms with van der Waals surface area (Å²) in [6.07, 6.45) is 0.741. The van der Waals surface area contributed by atoms with Gasteiger partial charge >= 0.3 is 5.97 Å². The van der Waals surface area contributed by atoms with Crippen molar-refractivity contribution < 1.29 is 14.7 Å². The summed E-state index contributed by atoms with van der Waals surface area (Å²) < 4.78 is 0. The van der Waals surface area contributed by atoms with Crippen LogP contribution in [0.3, 0.4) is 0 Å². The number of carbonyl (C=O) groups excluding carboxylic acids is 1. The Kier molecular flexibility index (Phi) is 5.68. The number of amides is 1. The van der Waals surface area contributed by atoms with Crippen LogP contribution in [0.25, 0.3) is 0 Å². The highest BCUT2D eigenvalue weighted by atomic mass is 16.4. The average Bonchev–Trinajstić information content (AvgIpc) is 2.62. The molecule has 2 aromatic carbocycles. The van der Waals surface area contributed by atoms with Gasteiger partial charge in [0, 0.05) is 30.9 Å². The second-order valence-electron chi connectivity index (χ2n) is 7.09. The number of carboxylic acids is 1. The number of rotatable bonds is 5. The van der Waals surface area contributed by atoms with Crippen molar-refractivity contribution in [1.29, 1.82) is 0 Å². The first-order valence-corrected chi connectivity index (χ1v) is 8.92. The van der Waals surface area contributed by atoms with Crippen LogP contribution in [0.2, 0.25) is 0 Å². The van der Waals surface area contributed by atoms with Crippen molar-refractivity contribution in [3.05, 3.63) is 65.7 Å². The van der Waals surface area contributed by atoms with Gasteiger partial charge in [-0.15, -0.1) is 0 Å². The van der Waals surface area contributed by atoms with Gasteiger partial charge in [0.1, 0.15) is 0 Å². The van der Waals surface area contributed by atoms with E-state index in [0.29, 0.717) is 24.6 Å². The highest BCUT2D eigenvalue weighted by molar-refractivity contribution is 6.04. The number of nitrogens with zero attached hydrogens (tertiary/aromatic N) is 1. The molecule has 0 saturated carbocycles. The van der Waals surface area contributed by atoms with Gasteiger partial charge in [-0.3, -0.25) is 14.5 Å². The van der Waals surface area contributed by atoms with Crippen molar-refractivity contribution in [2.45, 2.75) is 19.9 Å². The number of benzene rings is 2. The Bertz CT molecular complexity index is 759. The van der Waals surface area contributed by atoms with Crippen LogP contribution in [-0.4, -0.2) is 35.0 Å². The minimum absolute atomic E-state index is 0.139. The fourth-order valence-corrected chi connectivity index (χ4v) is 3.51. The molecule has 3 rings (SSSR count). The SMILES string of the molecule is CC1CC(C(=O)O)CN(Cc2ccc(C(=O)Nc3ccccc3)cc2)C1. The fraction of sp³-hybridized carbons (Fsp3) is 0.333. The van der Waals surface area contributed by atoms with E-state index < -0.39 is 5.97 Å². The maximum Gasteiger partial charge on any atom is 0.307 e. The molecule has 0 aromatic heterocycles. The van der Waals surface area contributed by atoms with E-state index in [1.54, 1.807) is 0 Å². The molecule has 2 atom stereocenters. The standard InChI is InChI=1S/C21H24N2O3/c1-15-11-18(21(25)26)14-23(12-15)13-16-7-9-17(10-8-16)20(24)22-19-5-3-2-4-6-19/h2-10,15,18H,11-14H2,1H3,(H,22,24)(H,25,26). The van der Waals surface area contributed by atoms with Crippen molar-refractivity contribution in [1.82, 2.24) is 4.90 Å². The van der Waals surface area contributed by atoms with E-state index >= 15 is 0 Å². The van der Waals surface area contributed by atoms with Crippen molar-refractivity contribution in [3.63, 3.8) is 0 Å². The normalized spacial score (nSPS) is 20.5. The highest BCUT2D eigenvalue weighted by Crippen LogP contribution is 2.23. The molecule has 1 aliphatic rings. The second-order valence-corrected chi connectivity index (χ2v) is 7.09. The third-order valence-electron chi connectivity index (χ3n) is 4.74. The first kappa shape index (κ1) is 18.1. The third kappa shape index (κ3) is 4.70. The molecule has 2 aromatic rings. The van der Waals surface area contributed by atoms with Gasteiger partial charge in [-0.05, 0) is 42.2 Å². The molecule has 1 saturated heterocycles. The first-order valence-electron chi connectivity index (χ1n) is 8.92. The van der Waals surface area contributed by atoms with Gasteiger partial charge in [-0.1, -0.05) is 37.3 Å². The molecule has 2 unspecified atom stereocenters. The average molecular weight is 352 g/mol. The second kappa shape index (κ2) is 8.15. The van der Waals surface area contributed by atoms with E-state index in [0.717, 1.165) is 24.2 Å². The van der Waals surface area contributed by atoms with Gasteiger partial charge < -0.3 is 10.4 Å². The predicted molar refractivity (Wildman–Crippen MR) is 101 cm³/mol. The Hall–Kier alpha value is -2.66. The number of carbonyl (C=O) groups is 2. The monoisotopic (exact) mass is 352 g/mol. The lowest BCUT2D eigenvalue weighted by atomic mass is 9.90. The molecular formula is C21H24N2O3. The Morgan fingerprint density at radius 2 is 1.77 bits per heavy atom. The van der Waals surface area contributed by atoms with Gasteiger partial charge in [-0.2, -0.15) is 0 Å². The number of nitrogens with one attached hydrogen (secondary N) is 1. The van der Waals surface area contributed by atoms with Gasteiger partial charge in [0.2, 0.25) is 0 Å². The highest BCUT2D eigenvalue weighted by Gasteiger charge is 2.29. The van der Waals surface area contributed by atoms with Gasteiger partial charge in [-0.25, -0.2) is 0 Å². The molecule has 1 amide bonds. The van der Waals surface area contributed by atoms with Crippen LogP contribution < -0.4 is 5.32 Å². The molecule has 0 spiro atoms. The fourth-order valence-electron chi connectivity index (χ4n) is 3.51. The molecule has 1 heterocycles. The summed E-state index contributed by atoms with van der Waals surface area (Å²) in [6, 6.07) is 16.9. The molecule has 1 fully saturated rings. The smallest absolute Gasteiger partial charge is 0.307 e. The van der Waals surface area contributed by atoms with Crippen molar-refractivity contribution in [2.75, 3.05) is 18.4 Å². The maximum atomic E-state index is 12.3.